The van der Waals surface area contributed by atoms with Crippen LogP contribution in [-0.4, -0.2) is 73.1 Å². The van der Waals surface area contributed by atoms with Gasteiger partial charge in [0, 0.05) is 38.6 Å². The predicted octanol–water partition coefficient (Wildman–Crippen LogP) is 1.20. The molecule has 134 valence electrons. The van der Waals surface area contributed by atoms with Crippen molar-refractivity contribution in [2.24, 2.45) is 0 Å². The van der Waals surface area contributed by atoms with Gasteiger partial charge < -0.3 is 33.5 Å². The summed E-state index contributed by atoms with van der Waals surface area (Å²) in [5.74, 6) is -2.00. The van der Waals surface area contributed by atoms with E-state index in [1.54, 1.807) is 14.2 Å². The highest BCUT2D eigenvalue weighted by molar-refractivity contribution is 14.1. The summed E-state index contributed by atoms with van der Waals surface area (Å²) in [6.07, 6.45) is 0.287. The Morgan fingerprint density at radius 1 is 1.04 bits per heavy atom. The molecule has 0 unspecified atom stereocenters. The van der Waals surface area contributed by atoms with Crippen molar-refractivity contribution in [3.63, 3.8) is 0 Å². The summed E-state index contributed by atoms with van der Waals surface area (Å²) in [6.45, 7) is 0. The van der Waals surface area contributed by atoms with Gasteiger partial charge in [-0.25, -0.2) is 0 Å². The molecular formula is C15H25IO7. The SMILES string of the molecule is CO[C@H]1O[C@H](CI)[C@H]2O[C@@]3(OC)CCCC[C@]3(OC)O[C@@H]2[C@@H]1O. The lowest BCUT2D eigenvalue weighted by atomic mass is 9.84. The van der Waals surface area contributed by atoms with Crippen molar-refractivity contribution in [3.8, 4) is 0 Å². The summed E-state index contributed by atoms with van der Waals surface area (Å²) in [6, 6.07) is 0. The third kappa shape index (κ3) is 2.75. The normalized spacial score (nSPS) is 50.2. The van der Waals surface area contributed by atoms with Gasteiger partial charge in [-0.1, -0.05) is 22.6 Å². The van der Waals surface area contributed by atoms with Crippen molar-refractivity contribution < 1.29 is 33.5 Å². The molecule has 0 radical (unpaired) electrons. The molecule has 8 heteroatoms. The molecule has 2 heterocycles. The minimum Gasteiger partial charge on any atom is -0.385 e. The summed E-state index contributed by atoms with van der Waals surface area (Å²) in [7, 11) is 4.71. The van der Waals surface area contributed by atoms with Gasteiger partial charge in [0.05, 0.1) is 6.10 Å². The van der Waals surface area contributed by atoms with Gasteiger partial charge in [-0.05, 0) is 12.8 Å². The number of halogens is 1. The number of rotatable bonds is 4. The molecule has 0 spiro atoms. The van der Waals surface area contributed by atoms with E-state index in [2.05, 4.69) is 22.6 Å². The molecule has 3 rings (SSSR count). The van der Waals surface area contributed by atoms with Crippen molar-refractivity contribution in [1.82, 2.24) is 0 Å². The van der Waals surface area contributed by atoms with E-state index in [9.17, 15) is 5.11 Å². The first-order chi connectivity index (χ1) is 11.1. The topological polar surface area (TPSA) is 75.6 Å². The number of methoxy groups -OCH3 is 3. The number of ether oxygens (including phenoxy) is 6. The van der Waals surface area contributed by atoms with Crippen LogP contribution in [0.4, 0.5) is 0 Å². The Bertz CT molecular complexity index is 425. The second kappa shape index (κ2) is 6.99. The molecule has 2 saturated heterocycles. The molecule has 0 aromatic heterocycles. The fourth-order valence-electron chi connectivity index (χ4n) is 3.93. The lowest BCUT2D eigenvalue weighted by Crippen LogP contribution is -2.75. The van der Waals surface area contributed by atoms with Crippen LogP contribution in [-0.2, 0) is 28.4 Å². The molecule has 2 aliphatic heterocycles. The maximum atomic E-state index is 10.6. The van der Waals surface area contributed by atoms with Crippen molar-refractivity contribution >= 4 is 22.6 Å². The Kier molecular flexibility index (Phi) is 5.54. The Morgan fingerprint density at radius 3 is 2.09 bits per heavy atom. The van der Waals surface area contributed by atoms with E-state index < -0.39 is 36.2 Å². The molecule has 0 amide bonds. The van der Waals surface area contributed by atoms with Gasteiger partial charge in [0.25, 0.3) is 0 Å². The van der Waals surface area contributed by atoms with Gasteiger partial charge in [0.2, 0.25) is 11.6 Å². The maximum Gasteiger partial charge on any atom is 0.223 e. The molecule has 3 aliphatic rings. The van der Waals surface area contributed by atoms with Gasteiger partial charge in [-0.15, -0.1) is 0 Å². The second-order valence-electron chi connectivity index (χ2n) is 6.21. The van der Waals surface area contributed by atoms with E-state index in [-0.39, 0.29) is 6.10 Å². The first kappa shape index (κ1) is 18.2. The van der Waals surface area contributed by atoms with Crippen LogP contribution >= 0.6 is 22.6 Å². The molecule has 0 aromatic rings. The number of aliphatic hydroxyl groups is 1. The highest BCUT2D eigenvalue weighted by Crippen LogP contribution is 2.51. The number of aliphatic hydroxyl groups excluding tert-OH is 1. The van der Waals surface area contributed by atoms with Gasteiger partial charge in [0.1, 0.15) is 18.3 Å². The molecule has 1 saturated carbocycles. The van der Waals surface area contributed by atoms with Crippen molar-refractivity contribution in [3.05, 3.63) is 0 Å². The lowest BCUT2D eigenvalue weighted by Gasteiger charge is -2.60. The quantitative estimate of drug-likeness (QED) is 0.516. The highest BCUT2D eigenvalue weighted by atomic mass is 127. The van der Waals surface area contributed by atoms with Gasteiger partial charge >= 0.3 is 0 Å². The zero-order valence-corrected chi connectivity index (χ0v) is 15.9. The smallest absolute Gasteiger partial charge is 0.223 e. The minimum atomic E-state index is -1.02. The minimum absolute atomic E-state index is 0.252. The van der Waals surface area contributed by atoms with Crippen LogP contribution in [0.5, 0.6) is 0 Å². The molecule has 0 aromatic carbocycles. The van der Waals surface area contributed by atoms with Crippen molar-refractivity contribution in [2.45, 2.75) is 68.0 Å². The van der Waals surface area contributed by atoms with E-state index in [1.165, 1.54) is 7.11 Å². The van der Waals surface area contributed by atoms with E-state index in [1.807, 2.05) is 0 Å². The summed E-state index contributed by atoms with van der Waals surface area (Å²) < 4.78 is 36.0. The monoisotopic (exact) mass is 444 g/mol. The van der Waals surface area contributed by atoms with Crippen molar-refractivity contribution in [2.75, 3.05) is 25.8 Å². The van der Waals surface area contributed by atoms with E-state index in [4.69, 9.17) is 28.4 Å². The van der Waals surface area contributed by atoms with E-state index in [0.717, 1.165) is 12.8 Å². The van der Waals surface area contributed by atoms with Crippen LogP contribution in [0.1, 0.15) is 25.7 Å². The Balaban J connectivity index is 1.95. The average Bonchev–Trinajstić information content (AvgIpc) is 2.60. The number of hydrogen-bond acceptors (Lipinski definition) is 7. The Morgan fingerprint density at radius 2 is 1.61 bits per heavy atom. The fraction of sp³-hybridized carbons (Fsp3) is 1.00. The molecule has 3 fully saturated rings. The van der Waals surface area contributed by atoms with Gasteiger partial charge in [-0.2, -0.15) is 0 Å². The number of hydrogen-bond donors (Lipinski definition) is 1. The van der Waals surface area contributed by atoms with Crippen LogP contribution in [0, 0.1) is 0 Å². The maximum absolute atomic E-state index is 10.6. The molecule has 7 atom stereocenters. The highest BCUT2D eigenvalue weighted by Gasteiger charge is 2.66. The third-order valence-electron chi connectivity index (χ3n) is 5.15. The van der Waals surface area contributed by atoms with Crippen LogP contribution in [0.2, 0.25) is 0 Å². The summed E-state index contributed by atoms with van der Waals surface area (Å²) >= 11 is 2.24. The number of fused-ring (bicyclic) bond motifs is 2. The van der Waals surface area contributed by atoms with Gasteiger partial charge in [0.15, 0.2) is 6.29 Å². The van der Waals surface area contributed by atoms with Crippen LogP contribution in [0.25, 0.3) is 0 Å². The standard InChI is InChI=1S/C15H25IO7/c1-18-13-10(17)12-11(9(8-16)21-13)22-14(19-2)6-4-5-7-15(14,20-3)23-12/h9-13,17H,4-8H2,1-3H3/t9-,10+,11-,12-,13+,14+,15+/m1/s1. The van der Waals surface area contributed by atoms with Crippen molar-refractivity contribution in [1.29, 1.82) is 0 Å². The van der Waals surface area contributed by atoms with Crippen LogP contribution in [0.15, 0.2) is 0 Å². The number of alkyl halides is 1. The average molecular weight is 444 g/mol. The van der Waals surface area contributed by atoms with Crippen LogP contribution < -0.4 is 0 Å². The molecule has 23 heavy (non-hydrogen) atoms. The molecular weight excluding hydrogens is 419 g/mol. The Hall–Kier alpha value is 0.450. The predicted molar refractivity (Wildman–Crippen MR) is 88.3 cm³/mol. The largest absolute Gasteiger partial charge is 0.385 e. The summed E-state index contributed by atoms with van der Waals surface area (Å²) in [5, 5.41) is 10.6. The third-order valence-corrected chi connectivity index (χ3v) is 6.02. The summed E-state index contributed by atoms with van der Waals surface area (Å²) in [4.78, 5) is 0. The molecule has 0 bridgehead atoms. The first-order valence-corrected chi connectivity index (χ1v) is 9.47. The first-order valence-electron chi connectivity index (χ1n) is 7.94. The van der Waals surface area contributed by atoms with E-state index in [0.29, 0.717) is 17.3 Å². The summed E-state index contributed by atoms with van der Waals surface area (Å²) in [5.41, 5.74) is 0. The van der Waals surface area contributed by atoms with Crippen LogP contribution in [0.3, 0.4) is 0 Å². The van der Waals surface area contributed by atoms with Gasteiger partial charge in [-0.3, -0.25) is 0 Å². The zero-order valence-electron chi connectivity index (χ0n) is 13.7. The molecule has 1 aliphatic carbocycles. The molecule has 7 nitrogen and oxygen atoms in total. The van der Waals surface area contributed by atoms with E-state index >= 15 is 0 Å². The fourth-order valence-corrected chi connectivity index (χ4v) is 4.64. The molecule has 1 N–H and O–H groups in total. The Labute approximate surface area is 150 Å². The lowest BCUT2D eigenvalue weighted by molar-refractivity contribution is -0.494. The zero-order chi connectivity index (χ0) is 16.7. The second-order valence-corrected chi connectivity index (χ2v) is 7.09.